The maximum atomic E-state index is 13.8. The molecule has 0 bridgehead atoms. The first-order valence-electron chi connectivity index (χ1n) is 14.1. The molecule has 2 saturated heterocycles. The van der Waals surface area contributed by atoms with Gasteiger partial charge in [-0.15, -0.1) is 0 Å². The van der Waals surface area contributed by atoms with Crippen molar-refractivity contribution < 1.29 is 22.7 Å². The molecule has 1 aromatic carbocycles. The summed E-state index contributed by atoms with van der Waals surface area (Å²) in [5, 5.41) is -0.479. The van der Waals surface area contributed by atoms with Crippen molar-refractivity contribution in [2.45, 2.75) is 75.4 Å². The first-order valence-corrected chi connectivity index (χ1v) is 15.7. The molecule has 0 N–H and O–H groups in total. The van der Waals surface area contributed by atoms with Crippen molar-refractivity contribution in [1.29, 1.82) is 0 Å². The number of hydrogen-bond donors (Lipinski definition) is 0. The predicted molar refractivity (Wildman–Crippen MR) is 146 cm³/mol. The second-order valence-corrected chi connectivity index (χ2v) is 13.7. The molecule has 0 radical (unpaired) electrons. The Balaban J connectivity index is 1.30. The lowest BCUT2D eigenvalue weighted by Gasteiger charge is -2.39. The van der Waals surface area contributed by atoms with Crippen LogP contribution in [0.5, 0.6) is 5.75 Å². The zero-order chi connectivity index (χ0) is 26.6. The van der Waals surface area contributed by atoms with Crippen LogP contribution in [-0.2, 0) is 19.4 Å². The second kappa shape index (κ2) is 12.5. The average molecular weight is 535 g/mol. The van der Waals surface area contributed by atoms with Crippen LogP contribution in [0, 0.1) is 31.6 Å². The van der Waals surface area contributed by atoms with E-state index in [0.717, 1.165) is 68.2 Å². The normalized spacial score (nSPS) is 24.8. The fraction of sp³-hybridized carbons (Fsp3) is 0.759. The molecule has 4 rings (SSSR count). The van der Waals surface area contributed by atoms with Crippen molar-refractivity contribution in [1.82, 2.24) is 9.80 Å². The summed E-state index contributed by atoms with van der Waals surface area (Å²) in [5.41, 5.74) is 1.45. The Labute approximate surface area is 223 Å². The minimum Gasteiger partial charge on any atom is -0.497 e. The molecular weight excluding hydrogens is 488 g/mol. The lowest BCUT2D eigenvalue weighted by atomic mass is 9.79. The Kier molecular flexibility index (Phi) is 9.57. The summed E-state index contributed by atoms with van der Waals surface area (Å²) in [6, 6.07) is 3.59. The Morgan fingerprint density at radius 1 is 0.919 bits per heavy atom. The number of carbonyl (C=O) groups excluding carboxylic acids is 1. The van der Waals surface area contributed by atoms with Gasteiger partial charge in [0.1, 0.15) is 12.4 Å². The fourth-order valence-corrected chi connectivity index (χ4v) is 9.43. The molecule has 3 fully saturated rings. The van der Waals surface area contributed by atoms with E-state index in [2.05, 4.69) is 11.9 Å². The quantitative estimate of drug-likeness (QED) is 0.497. The van der Waals surface area contributed by atoms with E-state index in [0.29, 0.717) is 23.7 Å². The van der Waals surface area contributed by atoms with Crippen LogP contribution in [0.3, 0.4) is 0 Å². The van der Waals surface area contributed by atoms with Gasteiger partial charge in [0.05, 0.1) is 23.9 Å². The van der Waals surface area contributed by atoms with E-state index in [4.69, 9.17) is 9.47 Å². The number of nitrogens with zero attached hydrogens (tertiary/aromatic N) is 2. The second-order valence-electron chi connectivity index (χ2n) is 11.6. The smallest absolute Gasteiger partial charge is 0.248 e. The van der Waals surface area contributed by atoms with Gasteiger partial charge in [0.15, 0.2) is 9.84 Å². The van der Waals surface area contributed by atoms with Crippen molar-refractivity contribution in [3.8, 4) is 5.75 Å². The number of piperidine rings is 2. The molecule has 1 aromatic rings. The number of carbonyl (C=O) groups is 1. The summed E-state index contributed by atoms with van der Waals surface area (Å²) in [5.74, 6) is 2.15. The molecule has 208 valence electrons. The van der Waals surface area contributed by atoms with E-state index >= 15 is 0 Å². The molecule has 37 heavy (non-hydrogen) atoms. The number of methoxy groups -OCH3 is 1. The summed E-state index contributed by atoms with van der Waals surface area (Å²) >= 11 is 0. The van der Waals surface area contributed by atoms with Gasteiger partial charge in [0.25, 0.3) is 0 Å². The van der Waals surface area contributed by atoms with Gasteiger partial charge in [-0.25, -0.2) is 8.42 Å². The summed E-state index contributed by atoms with van der Waals surface area (Å²) in [6.07, 6.45) is 8.08. The highest BCUT2D eigenvalue weighted by molar-refractivity contribution is 7.92. The van der Waals surface area contributed by atoms with Gasteiger partial charge < -0.3 is 19.3 Å². The molecule has 8 heteroatoms. The maximum Gasteiger partial charge on any atom is 0.248 e. The third kappa shape index (κ3) is 6.69. The van der Waals surface area contributed by atoms with Gasteiger partial charge >= 0.3 is 0 Å². The molecule has 2 unspecified atom stereocenters. The maximum absolute atomic E-state index is 13.8. The Bertz CT molecular complexity index is 1000. The van der Waals surface area contributed by atoms with Gasteiger partial charge in [-0.05, 0) is 114 Å². The number of hydrogen-bond acceptors (Lipinski definition) is 6. The van der Waals surface area contributed by atoms with E-state index in [1.807, 2.05) is 18.7 Å². The molecule has 2 aliphatic heterocycles. The Hall–Kier alpha value is -1.64. The van der Waals surface area contributed by atoms with E-state index in [1.165, 1.54) is 25.9 Å². The van der Waals surface area contributed by atoms with Crippen molar-refractivity contribution in [2.75, 3.05) is 53.6 Å². The van der Waals surface area contributed by atoms with Gasteiger partial charge in [-0.2, -0.15) is 0 Å². The molecule has 2 atom stereocenters. The first kappa shape index (κ1) is 28.4. The third-order valence-electron chi connectivity index (χ3n) is 9.07. The van der Waals surface area contributed by atoms with Crippen LogP contribution in [0.25, 0.3) is 0 Å². The zero-order valence-corrected chi connectivity index (χ0v) is 24.0. The largest absolute Gasteiger partial charge is 0.497 e. The number of ether oxygens (including phenoxy) is 2. The van der Waals surface area contributed by atoms with Crippen LogP contribution in [0.1, 0.15) is 62.5 Å². The average Bonchev–Trinajstić information content (AvgIpc) is 2.88. The standard InChI is InChI=1S/C29H46N2O5S/c1-21-17-26(35-4)18-22(2)29(21)37(33,34)27-8-6-5-7-25(27)19-36-20-28(32)31-15-11-24(12-16-31)23-9-13-30(3)14-10-23/h17-18,23-25,27H,5-16,19-20H2,1-4H3. The lowest BCUT2D eigenvalue weighted by molar-refractivity contribution is -0.138. The van der Waals surface area contributed by atoms with Crippen LogP contribution in [0.2, 0.25) is 0 Å². The van der Waals surface area contributed by atoms with Gasteiger partial charge in [0, 0.05) is 13.1 Å². The number of sulfone groups is 1. The number of amides is 1. The summed E-state index contributed by atoms with van der Waals surface area (Å²) < 4.78 is 38.8. The highest BCUT2D eigenvalue weighted by Gasteiger charge is 2.38. The fourth-order valence-electron chi connectivity index (χ4n) is 6.91. The van der Waals surface area contributed by atoms with Gasteiger partial charge in [-0.1, -0.05) is 12.8 Å². The molecule has 1 amide bonds. The Morgan fingerprint density at radius 3 is 2.08 bits per heavy atom. The Morgan fingerprint density at radius 2 is 1.49 bits per heavy atom. The van der Waals surface area contributed by atoms with E-state index in [-0.39, 0.29) is 18.4 Å². The molecule has 1 saturated carbocycles. The van der Waals surface area contributed by atoms with E-state index in [1.54, 1.807) is 19.2 Å². The molecular formula is C29H46N2O5S. The van der Waals surface area contributed by atoms with Crippen molar-refractivity contribution >= 4 is 15.7 Å². The van der Waals surface area contributed by atoms with Crippen molar-refractivity contribution in [2.24, 2.45) is 17.8 Å². The van der Waals surface area contributed by atoms with Crippen LogP contribution in [0.15, 0.2) is 17.0 Å². The van der Waals surface area contributed by atoms with Crippen LogP contribution >= 0.6 is 0 Å². The number of rotatable bonds is 8. The third-order valence-corrected chi connectivity index (χ3v) is 11.7. The predicted octanol–water partition coefficient (Wildman–Crippen LogP) is 4.24. The summed E-state index contributed by atoms with van der Waals surface area (Å²) in [4.78, 5) is 17.7. The van der Waals surface area contributed by atoms with Crippen molar-refractivity contribution in [3.63, 3.8) is 0 Å². The highest BCUT2D eigenvalue weighted by atomic mass is 32.2. The zero-order valence-electron chi connectivity index (χ0n) is 23.2. The molecule has 3 aliphatic rings. The highest BCUT2D eigenvalue weighted by Crippen LogP contribution is 2.37. The monoisotopic (exact) mass is 534 g/mol. The molecule has 0 aromatic heterocycles. The summed E-state index contributed by atoms with van der Waals surface area (Å²) in [7, 11) is 0.268. The molecule has 1 aliphatic carbocycles. The van der Waals surface area contributed by atoms with Crippen LogP contribution in [0.4, 0.5) is 0 Å². The topological polar surface area (TPSA) is 76.2 Å². The molecule has 0 spiro atoms. The van der Waals surface area contributed by atoms with E-state index < -0.39 is 15.1 Å². The number of likely N-dealkylation sites (tertiary alicyclic amines) is 2. The van der Waals surface area contributed by atoms with Gasteiger partial charge in [-0.3, -0.25) is 4.79 Å². The van der Waals surface area contributed by atoms with Crippen LogP contribution in [-0.4, -0.2) is 82.9 Å². The molecule has 2 heterocycles. The van der Waals surface area contributed by atoms with Crippen molar-refractivity contribution in [3.05, 3.63) is 23.3 Å². The minimum atomic E-state index is -3.52. The van der Waals surface area contributed by atoms with Gasteiger partial charge in [0.2, 0.25) is 5.91 Å². The van der Waals surface area contributed by atoms with E-state index in [9.17, 15) is 13.2 Å². The number of aryl methyl sites for hydroxylation is 2. The SMILES string of the molecule is COc1cc(C)c(S(=O)(=O)C2CCCCC2COCC(=O)N2CCC(C3CCN(C)CC3)CC2)c(C)c1. The number of benzene rings is 1. The first-order chi connectivity index (χ1) is 17.7. The molecule has 7 nitrogen and oxygen atoms in total. The minimum absolute atomic E-state index is 0.0406. The summed E-state index contributed by atoms with van der Waals surface area (Å²) in [6.45, 7) is 8.04. The lowest BCUT2D eigenvalue weighted by Crippen LogP contribution is -2.43. The van der Waals surface area contributed by atoms with Crippen LogP contribution < -0.4 is 4.74 Å².